The van der Waals surface area contributed by atoms with Crippen molar-refractivity contribution in [3.8, 4) is 0 Å². The lowest BCUT2D eigenvalue weighted by atomic mass is 9.74. The second-order valence-corrected chi connectivity index (χ2v) is 10.7. The molecular formula is C25H24F2N4O3S. The van der Waals surface area contributed by atoms with Crippen molar-refractivity contribution in [3.63, 3.8) is 0 Å². The predicted molar refractivity (Wildman–Crippen MR) is 128 cm³/mol. The maximum absolute atomic E-state index is 13.5. The Morgan fingerprint density at radius 3 is 2.37 bits per heavy atom. The van der Waals surface area contributed by atoms with Crippen molar-refractivity contribution in [2.75, 3.05) is 29.3 Å². The molecule has 0 aliphatic carbocycles. The molecule has 182 valence electrons. The highest BCUT2D eigenvalue weighted by atomic mass is 32.2. The van der Waals surface area contributed by atoms with E-state index in [9.17, 15) is 22.0 Å². The number of likely N-dealkylation sites (tertiary alicyclic amines) is 1. The summed E-state index contributed by atoms with van der Waals surface area (Å²) in [7, 11) is -3.95. The minimum Gasteiger partial charge on any atom is -0.324 e. The number of alkyl halides is 2. The molecule has 2 aliphatic rings. The highest BCUT2D eigenvalue weighted by Crippen LogP contribution is 2.48. The molecule has 0 saturated carbocycles. The van der Waals surface area contributed by atoms with E-state index < -0.39 is 21.9 Å². The van der Waals surface area contributed by atoms with Gasteiger partial charge in [-0.05, 0) is 48.7 Å². The van der Waals surface area contributed by atoms with Gasteiger partial charge in [0.05, 0.1) is 22.5 Å². The van der Waals surface area contributed by atoms with Crippen molar-refractivity contribution in [2.24, 2.45) is 0 Å². The first-order valence-electron chi connectivity index (χ1n) is 11.3. The van der Waals surface area contributed by atoms with Crippen LogP contribution in [0.3, 0.4) is 0 Å². The number of benzene rings is 2. The molecule has 1 N–H and O–H groups in total. The quantitative estimate of drug-likeness (QED) is 0.561. The molecule has 1 fully saturated rings. The molecule has 1 spiro atoms. The van der Waals surface area contributed by atoms with E-state index >= 15 is 0 Å². The number of carbonyl (C=O) groups is 1. The van der Waals surface area contributed by atoms with Crippen LogP contribution in [0, 0.1) is 0 Å². The number of sulfonamides is 1. The maximum Gasteiger partial charge on any atom is 0.321 e. The zero-order valence-corrected chi connectivity index (χ0v) is 19.6. The number of halogens is 2. The van der Waals surface area contributed by atoms with Crippen LogP contribution in [-0.4, -0.2) is 44.0 Å². The number of para-hydroxylation sites is 1. The molecule has 3 aromatic rings. The van der Waals surface area contributed by atoms with Crippen LogP contribution >= 0.6 is 0 Å². The Bertz CT molecular complexity index is 1330. The summed E-state index contributed by atoms with van der Waals surface area (Å²) < 4.78 is 54.4. The standard InChI is InChI=1S/C25H24F2N4O3S/c26-23(27)18-7-9-20(10-8-18)35(33,34)31-17-25(21-5-1-2-6-22(21)31)11-14-30(15-12-25)24(32)29-19-4-3-13-28-16-19/h1-10,13,16,23H,11-12,14-15,17H2,(H,29,32). The fourth-order valence-corrected chi connectivity index (χ4v) is 6.49. The van der Waals surface area contributed by atoms with E-state index in [1.165, 1.54) is 16.4 Å². The van der Waals surface area contributed by atoms with Gasteiger partial charge in [-0.25, -0.2) is 22.0 Å². The Hall–Kier alpha value is -3.53. The number of nitrogens with one attached hydrogen (secondary N) is 1. The average molecular weight is 499 g/mol. The summed E-state index contributed by atoms with van der Waals surface area (Å²) in [6.45, 7) is 1.18. The molecule has 0 bridgehead atoms. The number of hydrogen-bond acceptors (Lipinski definition) is 4. The van der Waals surface area contributed by atoms with Gasteiger partial charge in [-0.3, -0.25) is 9.29 Å². The van der Waals surface area contributed by atoms with Crippen molar-refractivity contribution in [1.29, 1.82) is 0 Å². The molecule has 0 unspecified atom stereocenters. The van der Waals surface area contributed by atoms with Gasteiger partial charge < -0.3 is 10.2 Å². The first-order chi connectivity index (χ1) is 16.8. The average Bonchev–Trinajstić information content (AvgIpc) is 3.20. The highest BCUT2D eigenvalue weighted by molar-refractivity contribution is 7.92. The zero-order chi connectivity index (χ0) is 24.6. The third-order valence-electron chi connectivity index (χ3n) is 6.83. The number of piperidine rings is 1. The second-order valence-electron chi connectivity index (χ2n) is 8.84. The number of anilines is 2. The van der Waals surface area contributed by atoms with Gasteiger partial charge in [0.2, 0.25) is 0 Å². The number of nitrogens with zero attached hydrogens (tertiary/aromatic N) is 3. The van der Waals surface area contributed by atoms with E-state index in [1.54, 1.807) is 41.6 Å². The van der Waals surface area contributed by atoms with Crippen molar-refractivity contribution in [3.05, 3.63) is 84.2 Å². The van der Waals surface area contributed by atoms with Crippen LogP contribution in [0.5, 0.6) is 0 Å². The molecule has 10 heteroatoms. The van der Waals surface area contributed by atoms with Gasteiger partial charge in [-0.1, -0.05) is 30.3 Å². The maximum atomic E-state index is 13.5. The SMILES string of the molecule is O=C(Nc1cccnc1)N1CCC2(CC1)CN(S(=O)(=O)c1ccc(C(F)F)cc1)c1ccccc12. The second kappa shape index (κ2) is 8.92. The van der Waals surface area contributed by atoms with Crippen molar-refractivity contribution >= 4 is 27.4 Å². The van der Waals surface area contributed by atoms with Gasteiger partial charge in [0.25, 0.3) is 16.4 Å². The summed E-state index contributed by atoms with van der Waals surface area (Å²) in [6.07, 6.45) is 1.74. The minimum atomic E-state index is -3.95. The summed E-state index contributed by atoms with van der Waals surface area (Å²) in [5, 5.41) is 2.84. The van der Waals surface area contributed by atoms with E-state index in [0.29, 0.717) is 37.3 Å². The fraction of sp³-hybridized carbons (Fsp3) is 0.280. The summed E-state index contributed by atoms with van der Waals surface area (Å²) in [6, 6.07) is 15.4. The minimum absolute atomic E-state index is 0.0259. The van der Waals surface area contributed by atoms with Crippen molar-refractivity contribution < 1.29 is 22.0 Å². The topological polar surface area (TPSA) is 82.6 Å². The number of pyridine rings is 1. The lowest BCUT2D eigenvalue weighted by molar-refractivity contribution is 0.151. The first-order valence-corrected chi connectivity index (χ1v) is 12.7. The van der Waals surface area contributed by atoms with Gasteiger partial charge in [0.15, 0.2) is 0 Å². The summed E-state index contributed by atoms with van der Waals surface area (Å²) in [4.78, 5) is 18.4. The van der Waals surface area contributed by atoms with Crippen LogP contribution in [0.2, 0.25) is 0 Å². The Balaban J connectivity index is 1.37. The monoisotopic (exact) mass is 498 g/mol. The smallest absolute Gasteiger partial charge is 0.321 e. The van der Waals surface area contributed by atoms with E-state index in [1.807, 2.05) is 12.1 Å². The number of amides is 2. The third kappa shape index (κ3) is 4.22. The molecule has 1 saturated heterocycles. The van der Waals surface area contributed by atoms with E-state index in [0.717, 1.165) is 17.7 Å². The van der Waals surface area contributed by atoms with Gasteiger partial charge in [-0.2, -0.15) is 0 Å². The Morgan fingerprint density at radius 1 is 1.00 bits per heavy atom. The lowest BCUT2D eigenvalue weighted by Gasteiger charge is -2.39. The summed E-state index contributed by atoms with van der Waals surface area (Å²) in [5.74, 6) is 0. The molecule has 35 heavy (non-hydrogen) atoms. The number of rotatable bonds is 4. The Kier molecular flexibility index (Phi) is 5.92. The van der Waals surface area contributed by atoms with Crippen LogP contribution in [0.15, 0.2) is 78.0 Å². The van der Waals surface area contributed by atoms with Crippen molar-refractivity contribution in [2.45, 2.75) is 29.6 Å². The van der Waals surface area contributed by atoms with E-state index in [4.69, 9.17) is 0 Å². The number of hydrogen-bond donors (Lipinski definition) is 1. The molecule has 5 rings (SSSR count). The zero-order valence-electron chi connectivity index (χ0n) is 18.8. The Morgan fingerprint density at radius 2 is 1.71 bits per heavy atom. The first kappa shape index (κ1) is 23.2. The lowest BCUT2D eigenvalue weighted by Crippen LogP contribution is -2.48. The molecule has 2 aromatic carbocycles. The normalized spacial score (nSPS) is 17.0. The van der Waals surface area contributed by atoms with E-state index in [-0.39, 0.29) is 23.0 Å². The number of fused-ring (bicyclic) bond motifs is 2. The Labute approximate surface area is 202 Å². The van der Waals surface area contributed by atoms with Crippen LogP contribution < -0.4 is 9.62 Å². The molecule has 0 radical (unpaired) electrons. The summed E-state index contributed by atoms with van der Waals surface area (Å²) in [5.41, 5.74) is 1.48. The molecular weight excluding hydrogens is 474 g/mol. The van der Waals surface area contributed by atoms with Gasteiger partial charge in [0, 0.05) is 36.8 Å². The van der Waals surface area contributed by atoms with Crippen LogP contribution in [-0.2, 0) is 15.4 Å². The predicted octanol–water partition coefficient (Wildman–Crippen LogP) is 4.79. The molecule has 2 amide bonds. The summed E-state index contributed by atoms with van der Waals surface area (Å²) >= 11 is 0. The van der Waals surface area contributed by atoms with Gasteiger partial charge >= 0.3 is 6.03 Å². The number of urea groups is 1. The molecule has 3 heterocycles. The van der Waals surface area contributed by atoms with Crippen LogP contribution in [0.4, 0.5) is 25.0 Å². The molecule has 1 aromatic heterocycles. The van der Waals surface area contributed by atoms with Gasteiger partial charge in [-0.15, -0.1) is 0 Å². The van der Waals surface area contributed by atoms with Gasteiger partial charge in [0.1, 0.15) is 0 Å². The van der Waals surface area contributed by atoms with E-state index in [2.05, 4.69) is 10.3 Å². The highest BCUT2D eigenvalue weighted by Gasteiger charge is 2.48. The third-order valence-corrected chi connectivity index (χ3v) is 8.60. The van der Waals surface area contributed by atoms with Crippen molar-refractivity contribution in [1.82, 2.24) is 9.88 Å². The number of carbonyl (C=O) groups excluding carboxylic acids is 1. The molecule has 7 nitrogen and oxygen atoms in total. The van der Waals surface area contributed by atoms with Crippen LogP contribution in [0.1, 0.15) is 30.4 Å². The molecule has 0 atom stereocenters. The fourth-order valence-electron chi connectivity index (χ4n) is 4.92. The van der Waals surface area contributed by atoms with Crippen LogP contribution in [0.25, 0.3) is 0 Å². The number of aromatic nitrogens is 1. The molecule has 2 aliphatic heterocycles. The largest absolute Gasteiger partial charge is 0.324 e.